The maximum Gasteiger partial charge on any atom is 0.280 e. The van der Waals surface area contributed by atoms with E-state index in [1.165, 1.54) is 11.3 Å². The molecule has 2 aromatic heterocycles. The zero-order chi connectivity index (χ0) is 20.7. The highest BCUT2D eigenvalue weighted by molar-refractivity contribution is 7.13. The minimum atomic E-state index is -0.137. The maximum absolute atomic E-state index is 12.8. The van der Waals surface area contributed by atoms with E-state index in [-0.39, 0.29) is 23.9 Å². The third kappa shape index (κ3) is 3.73. The Bertz CT molecular complexity index is 1090. The summed E-state index contributed by atoms with van der Waals surface area (Å²) >= 11 is 1.46. The van der Waals surface area contributed by atoms with Crippen molar-refractivity contribution in [3.05, 3.63) is 51.1 Å². The first kappa shape index (κ1) is 19.3. The number of fused-ring (bicyclic) bond motifs is 2. The number of rotatable bonds is 4. The number of hydrogen-bond donors (Lipinski definition) is 4. The first-order chi connectivity index (χ1) is 14.6. The molecular weight excluding hydrogens is 398 g/mol. The van der Waals surface area contributed by atoms with Crippen LogP contribution in [-0.4, -0.2) is 40.4 Å². The first-order valence-electron chi connectivity index (χ1n) is 10.5. The Morgan fingerprint density at radius 2 is 1.93 bits per heavy atom. The van der Waals surface area contributed by atoms with E-state index in [0.29, 0.717) is 10.7 Å². The van der Waals surface area contributed by atoms with Crippen molar-refractivity contribution in [2.24, 2.45) is 0 Å². The van der Waals surface area contributed by atoms with Gasteiger partial charge in [0.1, 0.15) is 5.69 Å². The fourth-order valence-electron chi connectivity index (χ4n) is 4.38. The Hall–Kier alpha value is -2.71. The normalized spacial score (nSPS) is 20.8. The molecule has 0 radical (unpaired) electrons. The predicted molar refractivity (Wildman–Crippen MR) is 117 cm³/mol. The highest BCUT2D eigenvalue weighted by Gasteiger charge is 2.31. The lowest BCUT2D eigenvalue weighted by Crippen LogP contribution is -2.48. The molecule has 1 aliphatic heterocycles. The Morgan fingerprint density at radius 1 is 1.13 bits per heavy atom. The molecule has 2 amide bonds. The molecule has 5 rings (SSSR count). The van der Waals surface area contributed by atoms with Crippen LogP contribution in [0.1, 0.15) is 55.7 Å². The van der Waals surface area contributed by atoms with Crippen LogP contribution in [0, 0.1) is 6.92 Å². The average Bonchev–Trinajstić information content (AvgIpc) is 3.45. The van der Waals surface area contributed by atoms with E-state index < -0.39 is 0 Å². The predicted octanol–water partition coefficient (Wildman–Crippen LogP) is 2.66. The largest absolute Gasteiger partial charge is 0.351 e. The second-order valence-electron chi connectivity index (χ2n) is 8.18. The number of thiazole rings is 1. The Labute approximate surface area is 178 Å². The third-order valence-corrected chi connectivity index (χ3v) is 7.06. The van der Waals surface area contributed by atoms with Gasteiger partial charge in [-0.3, -0.25) is 9.59 Å². The van der Waals surface area contributed by atoms with Gasteiger partial charge in [-0.15, -0.1) is 11.3 Å². The summed E-state index contributed by atoms with van der Waals surface area (Å²) in [6, 6.07) is 7.80. The lowest BCUT2D eigenvalue weighted by atomic mass is 10.1. The number of benzene rings is 1. The van der Waals surface area contributed by atoms with Crippen molar-refractivity contribution in [3.8, 4) is 0 Å². The number of carbonyl (C=O) groups is 2. The summed E-state index contributed by atoms with van der Waals surface area (Å²) < 4.78 is 0. The van der Waals surface area contributed by atoms with E-state index in [1.807, 2.05) is 25.1 Å². The number of aryl methyl sites for hydroxylation is 1. The molecule has 8 heteroatoms. The molecule has 30 heavy (non-hydrogen) atoms. The summed E-state index contributed by atoms with van der Waals surface area (Å²) in [6.07, 6.45) is 3.55. The minimum Gasteiger partial charge on any atom is -0.351 e. The molecule has 1 saturated carbocycles. The lowest BCUT2D eigenvalue weighted by molar-refractivity contribution is 0.0889. The van der Waals surface area contributed by atoms with Crippen molar-refractivity contribution >= 4 is 34.1 Å². The van der Waals surface area contributed by atoms with Crippen LogP contribution in [0.5, 0.6) is 0 Å². The van der Waals surface area contributed by atoms with Crippen molar-refractivity contribution < 1.29 is 9.59 Å². The fourth-order valence-corrected chi connectivity index (χ4v) is 5.36. The minimum absolute atomic E-state index is 0.0767. The first-order valence-corrected chi connectivity index (χ1v) is 11.3. The lowest BCUT2D eigenvalue weighted by Gasteiger charge is -2.21. The van der Waals surface area contributed by atoms with Crippen LogP contribution in [-0.2, 0) is 13.0 Å². The van der Waals surface area contributed by atoms with Crippen LogP contribution < -0.4 is 16.0 Å². The van der Waals surface area contributed by atoms with Gasteiger partial charge >= 0.3 is 0 Å². The summed E-state index contributed by atoms with van der Waals surface area (Å²) in [5.41, 5.74) is 3.69. The van der Waals surface area contributed by atoms with Crippen molar-refractivity contribution in [1.29, 1.82) is 0 Å². The van der Waals surface area contributed by atoms with Crippen molar-refractivity contribution in [2.45, 2.75) is 51.2 Å². The molecule has 0 bridgehead atoms. The topological polar surface area (TPSA) is 98.9 Å². The van der Waals surface area contributed by atoms with Gasteiger partial charge < -0.3 is 20.9 Å². The van der Waals surface area contributed by atoms with E-state index in [4.69, 9.17) is 0 Å². The molecule has 0 spiro atoms. The standard InChI is InChI=1S/C22H25N5O2S/c1-12-5-6-14-13(9-12)10-18(24-14)20(28)25-15-3-2-4-16(15)26-21(29)22-27-17-7-8-23-11-19(17)30-22/h5-6,9-10,15-16,23-24H,2-4,7-8,11H2,1H3,(H,25,28)(H,26,29)/t15-,16?/m1/s1. The highest BCUT2D eigenvalue weighted by atomic mass is 32.1. The molecular formula is C22H25N5O2S. The van der Waals surface area contributed by atoms with Gasteiger partial charge in [0.25, 0.3) is 11.8 Å². The quantitative estimate of drug-likeness (QED) is 0.518. The SMILES string of the molecule is Cc1ccc2[nH]c(C(=O)N[C@@H]3CCCC3NC(=O)c3nc4c(s3)CNCC4)cc2c1. The van der Waals surface area contributed by atoms with Gasteiger partial charge in [0.15, 0.2) is 5.01 Å². The van der Waals surface area contributed by atoms with Gasteiger partial charge in [-0.25, -0.2) is 4.98 Å². The Balaban J connectivity index is 1.25. The number of amides is 2. The zero-order valence-corrected chi connectivity index (χ0v) is 17.7. The number of nitrogens with zero attached hydrogens (tertiary/aromatic N) is 1. The number of carbonyl (C=O) groups excluding carboxylic acids is 2. The van der Waals surface area contributed by atoms with E-state index >= 15 is 0 Å². The molecule has 1 aromatic carbocycles. The molecule has 2 aliphatic rings. The van der Waals surface area contributed by atoms with E-state index in [0.717, 1.165) is 65.8 Å². The van der Waals surface area contributed by atoms with Gasteiger partial charge in [-0.05, 0) is 44.4 Å². The van der Waals surface area contributed by atoms with Gasteiger partial charge in [-0.1, -0.05) is 11.6 Å². The summed E-state index contributed by atoms with van der Waals surface area (Å²) in [5.74, 6) is -0.271. The zero-order valence-electron chi connectivity index (χ0n) is 16.9. The van der Waals surface area contributed by atoms with Gasteiger partial charge in [0.2, 0.25) is 0 Å². The molecule has 1 aliphatic carbocycles. The van der Waals surface area contributed by atoms with Gasteiger partial charge in [0, 0.05) is 47.4 Å². The van der Waals surface area contributed by atoms with Crippen LogP contribution in [0.2, 0.25) is 0 Å². The highest BCUT2D eigenvalue weighted by Crippen LogP contribution is 2.24. The number of hydrogen-bond acceptors (Lipinski definition) is 5. The monoisotopic (exact) mass is 423 g/mol. The molecule has 1 unspecified atom stereocenters. The second-order valence-corrected chi connectivity index (χ2v) is 9.26. The van der Waals surface area contributed by atoms with Gasteiger partial charge in [0.05, 0.1) is 5.69 Å². The van der Waals surface area contributed by atoms with Crippen molar-refractivity contribution in [1.82, 2.24) is 25.9 Å². The number of aromatic nitrogens is 2. The molecule has 0 saturated heterocycles. The van der Waals surface area contributed by atoms with Crippen LogP contribution in [0.4, 0.5) is 0 Å². The second kappa shape index (κ2) is 7.85. The average molecular weight is 424 g/mol. The molecule has 1 fully saturated rings. The molecule has 2 atom stereocenters. The van der Waals surface area contributed by atoms with Gasteiger partial charge in [-0.2, -0.15) is 0 Å². The third-order valence-electron chi connectivity index (χ3n) is 5.97. The molecule has 3 aromatic rings. The smallest absolute Gasteiger partial charge is 0.280 e. The van der Waals surface area contributed by atoms with Crippen LogP contribution in [0.3, 0.4) is 0 Å². The van der Waals surface area contributed by atoms with Crippen molar-refractivity contribution in [2.75, 3.05) is 6.54 Å². The molecule has 3 heterocycles. The number of aromatic amines is 1. The summed E-state index contributed by atoms with van der Waals surface area (Å²) in [4.78, 5) is 34.5. The summed E-state index contributed by atoms with van der Waals surface area (Å²) in [5, 5.41) is 11.1. The van der Waals surface area contributed by atoms with Crippen LogP contribution in [0.25, 0.3) is 10.9 Å². The van der Waals surface area contributed by atoms with E-state index in [1.54, 1.807) is 0 Å². The molecule has 7 nitrogen and oxygen atoms in total. The molecule has 156 valence electrons. The molecule has 4 N–H and O–H groups in total. The summed E-state index contributed by atoms with van der Waals surface area (Å²) in [7, 11) is 0. The van der Waals surface area contributed by atoms with E-state index in [2.05, 4.69) is 32.0 Å². The van der Waals surface area contributed by atoms with Crippen molar-refractivity contribution in [3.63, 3.8) is 0 Å². The Kier molecular flexibility index (Phi) is 5.04. The number of H-pyrrole nitrogens is 1. The number of nitrogens with one attached hydrogen (secondary N) is 4. The van der Waals surface area contributed by atoms with E-state index in [9.17, 15) is 9.59 Å². The van der Waals surface area contributed by atoms with Crippen LogP contribution >= 0.6 is 11.3 Å². The van der Waals surface area contributed by atoms with Crippen LogP contribution in [0.15, 0.2) is 24.3 Å². The Morgan fingerprint density at radius 3 is 2.73 bits per heavy atom. The summed E-state index contributed by atoms with van der Waals surface area (Å²) in [6.45, 7) is 3.72. The fraction of sp³-hybridized carbons (Fsp3) is 0.409. The maximum atomic E-state index is 12.8.